The molecular formula is C26H25N2O5P. The molecule has 0 heterocycles. The lowest BCUT2D eigenvalue weighted by Gasteiger charge is -2.09. The molecule has 0 aliphatic carbocycles. The molecule has 0 spiro atoms. The molecule has 0 unspecified atom stereocenters. The van der Waals surface area contributed by atoms with Crippen LogP contribution in [0.25, 0.3) is 21.5 Å². The van der Waals surface area contributed by atoms with Crippen LogP contribution in [-0.4, -0.2) is 38.1 Å². The zero-order valence-electron chi connectivity index (χ0n) is 18.5. The Hall–Kier alpha value is -3.51. The summed E-state index contributed by atoms with van der Waals surface area (Å²) in [5, 5.41) is 9.56. The van der Waals surface area contributed by atoms with Gasteiger partial charge in [-0.05, 0) is 45.8 Å². The van der Waals surface area contributed by atoms with Crippen molar-refractivity contribution in [2.45, 2.75) is 0 Å². The molecule has 4 rings (SSSR count). The number of benzene rings is 4. The molecule has 0 atom stereocenters. The lowest BCUT2D eigenvalue weighted by molar-refractivity contribution is 0.0943. The van der Waals surface area contributed by atoms with Crippen LogP contribution in [0.1, 0.15) is 20.7 Å². The third-order valence-electron chi connectivity index (χ3n) is 5.24. The minimum Gasteiger partial charge on any atom is -0.350 e. The van der Waals surface area contributed by atoms with E-state index >= 15 is 0 Å². The molecule has 0 saturated heterocycles. The summed E-state index contributed by atoms with van der Waals surface area (Å²) < 4.78 is 22.2. The van der Waals surface area contributed by atoms with Gasteiger partial charge in [0.05, 0.1) is 13.2 Å². The van der Waals surface area contributed by atoms with Crippen LogP contribution in [-0.2, 0) is 13.6 Å². The zero-order valence-corrected chi connectivity index (χ0v) is 19.5. The number of carbonyl (C=O) groups excluding carboxylic acids is 2. The zero-order chi connectivity index (χ0) is 23.8. The van der Waals surface area contributed by atoms with E-state index in [0.717, 1.165) is 21.5 Å². The molecule has 34 heavy (non-hydrogen) atoms. The third-order valence-corrected chi connectivity index (χ3v) is 6.12. The van der Waals surface area contributed by atoms with E-state index in [1.165, 1.54) is 0 Å². The van der Waals surface area contributed by atoms with Gasteiger partial charge in [-0.3, -0.25) is 14.2 Å². The van der Waals surface area contributed by atoms with Gasteiger partial charge in [0.25, 0.3) is 11.8 Å². The monoisotopic (exact) mass is 476 g/mol. The number of carbonyl (C=O) groups is 2. The van der Waals surface area contributed by atoms with Crippen molar-refractivity contribution in [3.05, 3.63) is 96.1 Å². The summed E-state index contributed by atoms with van der Waals surface area (Å²) in [6, 6.07) is 26.6. The van der Waals surface area contributed by atoms with Gasteiger partial charge in [0.2, 0.25) is 0 Å². The second-order valence-corrected chi connectivity index (χ2v) is 8.66. The molecule has 0 aromatic heterocycles. The molecule has 0 aliphatic rings. The van der Waals surface area contributed by atoms with Gasteiger partial charge in [-0.25, -0.2) is 0 Å². The minimum atomic E-state index is -2.72. The molecule has 7 nitrogen and oxygen atoms in total. The van der Waals surface area contributed by atoms with Gasteiger partial charge in [-0.1, -0.05) is 60.7 Å². The van der Waals surface area contributed by atoms with Crippen molar-refractivity contribution < 1.29 is 23.2 Å². The molecule has 0 saturated carbocycles. The van der Waals surface area contributed by atoms with Crippen molar-refractivity contribution in [1.82, 2.24) is 10.6 Å². The Morgan fingerprint density at radius 3 is 1.47 bits per heavy atom. The van der Waals surface area contributed by atoms with E-state index in [4.69, 9.17) is 9.05 Å². The van der Waals surface area contributed by atoms with E-state index in [9.17, 15) is 14.2 Å². The maximum Gasteiger partial charge on any atom is 0.319 e. The molecule has 8 heteroatoms. The van der Waals surface area contributed by atoms with Gasteiger partial charge in [-0.2, -0.15) is 0 Å². The van der Waals surface area contributed by atoms with Crippen LogP contribution in [0.5, 0.6) is 0 Å². The number of hydrogen-bond acceptors (Lipinski definition) is 5. The Morgan fingerprint density at radius 2 is 1.03 bits per heavy atom. The van der Waals surface area contributed by atoms with Gasteiger partial charge in [0.15, 0.2) is 0 Å². The number of rotatable bonds is 10. The van der Waals surface area contributed by atoms with Crippen molar-refractivity contribution in [2.24, 2.45) is 0 Å². The normalized spacial score (nSPS) is 11.1. The molecule has 2 N–H and O–H groups in total. The van der Waals surface area contributed by atoms with Crippen LogP contribution in [0.2, 0.25) is 0 Å². The first-order valence-corrected chi connectivity index (χ1v) is 12.2. The van der Waals surface area contributed by atoms with E-state index < -0.39 is 8.25 Å². The molecular weight excluding hydrogens is 451 g/mol. The van der Waals surface area contributed by atoms with Crippen molar-refractivity contribution >= 4 is 41.6 Å². The minimum absolute atomic E-state index is 0.0561. The Balaban J connectivity index is 1.12. The summed E-state index contributed by atoms with van der Waals surface area (Å²) in [7, 11) is -2.72. The van der Waals surface area contributed by atoms with Gasteiger partial charge < -0.3 is 19.7 Å². The average Bonchev–Trinajstić information content (AvgIpc) is 2.88. The van der Waals surface area contributed by atoms with Crippen LogP contribution in [0.15, 0.2) is 84.9 Å². The van der Waals surface area contributed by atoms with Crippen LogP contribution in [0.3, 0.4) is 0 Å². The summed E-state index contributed by atoms with van der Waals surface area (Å²) in [6.45, 7) is 0.509. The second-order valence-electron chi connectivity index (χ2n) is 7.58. The summed E-state index contributed by atoms with van der Waals surface area (Å²) in [5.74, 6) is -0.460. The molecule has 174 valence electrons. The molecule has 4 aromatic rings. The lowest BCUT2D eigenvalue weighted by Crippen LogP contribution is -2.27. The SMILES string of the molecule is O=C(NCCO[PH](=O)OCCNC(=O)c1ccc2ccccc2c1)c1ccc2ccccc2c1. The van der Waals surface area contributed by atoms with Gasteiger partial charge in [0, 0.05) is 24.2 Å². The fourth-order valence-electron chi connectivity index (χ4n) is 3.50. The first-order valence-electron chi connectivity index (χ1n) is 10.9. The first kappa shape index (κ1) is 23.6. The molecule has 0 fully saturated rings. The van der Waals surface area contributed by atoms with E-state index in [0.29, 0.717) is 11.1 Å². The molecule has 0 radical (unpaired) electrons. The van der Waals surface area contributed by atoms with Gasteiger partial charge >= 0.3 is 8.25 Å². The topological polar surface area (TPSA) is 93.7 Å². The number of nitrogens with one attached hydrogen (secondary N) is 2. The van der Waals surface area contributed by atoms with E-state index in [-0.39, 0.29) is 38.1 Å². The van der Waals surface area contributed by atoms with Crippen molar-refractivity contribution in [1.29, 1.82) is 0 Å². The Labute approximate surface area is 198 Å². The Kier molecular flexibility index (Phi) is 8.04. The Bertz CT molecular complexity index is 1240. The Morgan fingerprint density at radius 1 is 0.618 bits per heavy atom. The van der Waals surface area contributed by atoms with E-state index in [2.05, 4.69) is 10.6 Å². The quantitative estimate of drug-likeness (QED) is 0.258. The number of amides is 2. The first-order chi connectivity index (χ1) is 16.6. The van der Waals surface area contributed by atoms with Crippen molar-refractivity contribution in [2.75, 3.05) is 26.3 Å². The van der Waals surface area contributed by atoms with Crippen LogP contribution >= 0.6 is 8.25 Å². The van der Waals surface area contributed by atoms with Gasteiger partial charge in [-0.15, -0.1) is 0 Å². The van der Waals surface area contributed by atoms with E-state index in [1.54, 1.807) is 12.1 Å². The van der Waals surface area contributed by atoms with Crippen LogP contribution in [0.4, 0.5) is 0 Å². The largest absolute Gasteiger partial charge is 0.350 e. The molecule has 4 aromatic carbocycles. The predicted octanol–water partition coefficient (Wildman–Crippen LogP) is 4.58. The van der Waals surface area contributed by atoms with Crippen LogP contribution in [0, 0.1) is 0 Å². The van der Waals surface area contributed by atoms with Gasteiger partial charge in [0.1, 0.15) is 0 Å². The summed E-state index contributed by atoms with van der Waals surface area (Å²) in [4.78, 5) is 24.6. The molecule has 0 bridgehead atoms. The highest BCUT2D eigenvalue weighted by atomic mass is 31.1. The lowest BCUT2D eigenvalue weighted by atomic mass is 10.1. The third kappa shape index (κ3) is 6.29. The summed E-state index contributed by atoms with van der Waals surface area (Å²) in [5.41, 5.74) is 1.09. The highest BCUT2D eigenvalue weighted by Gasteiger charge is 2.08. The molecule has 0 aliphatic heterocycles. The average molecular weight is 476 g/mol. The fraction of sp³-hybridized carbons (Fsp3) is 0.154. The fourth-order valence-corrected chi connectivity index (χ4v) is 4.13. The van der Waals surface area contributed by atoms with Crippen molar-refractivity contribution in [3.63, 3.8) is 0 Å². The second kappa shape index (κ2) is 11.6. The smallest absolute Gasteiger partial charge is 0.319 e. The predicted molar refractivity (Wildman–Crippen MR) is 133 cm³/mol. The standard InChI is InChI=1S/C26H25N2O5P/c29-25(23-11-9-19-5-1-3-7-21(19)17-23)27-13-15-32-34(31)33-16-14-28-26(30)24-12-10-20-6-2-4-8-22(20)18-24/h1-12,17-18,34H,13-16H2,(H,27,29)(H,28,30). The number of fused-ring (bicyclic) bond motifs is 2. The van der Waals surface area contributed by atoms with E-state index in [1.807, 2.05) is 72.8 Å². The molecule has 2 amide bonds. The number of hydrogen-bond donors (Lipinski definition) is 2. The highest BCUT2D eigenvalue weighted by Crippen LogP contribution is 2.22. The van der Waals surface area contributed by atoms with Crippen LogP contribution < -0.4 is 10.6 Å². The summed E-state index contributed by atoms with van der Waals surface area (Å²) in [6.07, 6.45) is 0. The highest BCUT2D eigenvalue weighted by molar-refractivity contribution is 7.33. The maximum atomic E-state index is 12.3. The summed E-state index contributed by atoms with van der Waals surface area (Å²) >= 11 is 0. The van der Waals surface area contributed by atoms with Crippen molar-refractivity contribution in [3.8, 4) is 0 Å². The maximum absolute atomic E-state index is 12.3.